The predicted molar refractivity (Wildman–Crippen MR) is 45.1 cm³/mol. The number of hydrogen-bond acceptors (Lipinski definition) is 3. The first-order valence-electron chi connectivity index (χ1n) is 3.39. The largest absolute Gasteiger partial charge is 0.507 e. The monoisotopic (exact) mass is 228 g/mol. The van der Waals surface area contributed by atoms with E-state index in [9.17, 15) is 9.90 Å². The Balaban J connectivity index is 2.55. The van der Waals surface area contributed by atoms with Crippen molar-refractivity contribution < 1.29 is 14.6 Å². The number of carbonyl (C=O) groups is 1. The molecule has 0 aliphatic carbocycles. The molecule has 0 amide bonds. The van der Waals surface area contributed by atoms with Gasteiger partial charge in [0.15, 0.2) is 0 Å². The van der Waals surface area contributed by atoms with Gasteiger partial charge in [0.2, 0.25) is 0 Å². The molecule has 0 unspecified atom stereocenters. The van der Waals surface area contributed by atoms with E-state index in [1.54, 1.807) is 6.07 Å². The summed E-state index contributed by atoms with van der Waals surface area (Å²) in [4.78, 5) is 10.8. The van der Waals surface area contributed by atoms with Gasteiger partial charge >= 0.3 is 5.97 Å². The average molecular weight is 229 g/mol. The van der Waals surface area contributed by atoms with Crippen LogP contribution < -0.4 is 4.74 Å². The molecule has 62 valence electrons. The van der Waals surface area contributed by atoms with E-state index in [1.807, 2.05) is 0 Å². The van der Waals surface area contributed by atoms with Crippen LogP contribution in [0.2, 0.25) is 0 Å². The smallest absolute Gasteiger partial charge is 0.315 e. The van der Waals surface area contributed by atoms with Gasteiger partial charge in [-0.25, -0.2) is 0 Å². The van der Waals surface area contributed by atoms with Crippen molar-refractivity contribution in [2.75, 3.05) is 0 Å². The summed E-state index contributed by atoms with van der Waals surface area (Å²) < 4.78 is 5.40. The quantitative estimate of drug-likeness (QED) is 0.543. The Morgan fingerprint density at radius 2 is 2.25 bits per heavy atom. The number of ether oxygens (including phenoxy) is 1. The van der Waals surface area contributed by atoms with Gasteiger partial charge in [-0.05, 0) is 28.1 Å². The van der Waals surface area contributed by atoms with Gasteiger partial charge in [-0.3, -0.25) is 4.79 Å². The molecule has 0 bridgehead atoms. The number of benzene rings is 1. The van der Waals surface area contributed by atoms with Crippen LogP contribution in [0.25, 0.3) is 0 Å². The summed E-state index contributed by atoms with van der Waals surface area (Å²) in [6, 6.07) is 3.12. The Bertz CT molecular complexity index is 327. The topological polar surface area (TPSA) is 46.5 Å². The van der Waals surface area contributed by atoms with Crippen LogP contribution >= 0.6 is 15.9 Å². The SMILES string of the molecule is O=C1Cc2cc(O)c(Br)cc2O1. The normalized spacial score (nSPS) is 14.2. The van der Waals surface area contributed by atoms with Crippen LogP contribution in [-0.2, 0) is 11.2 Å². The summed E-state index contributed by atoms with van der Waals surface area (Å²) in [5.74, 6) is 0.388. The second-order valence-corrected chi connectivity index (χ2v) is 3.42. The van der Waals surface area contributed by atoms with E-state index >= 15 is 0 Å². The molecule has 4 heteroatoms. The second-order valence-electron chi connectivity index (χ2n) is 2.56. The molecule has 1 aromatic carbocycles. The van der Waals surface area contributed by atoms with Crippen LogP contribution in [0.4, 0.5) is 0 Å². The fraction of sp³-hybridized carbons (Fsp3) is 0.125. The summed E-state index contributed by atoms with van der Waals surface area (Å²) in [7, 11) is 0. The van der Waals surface area contributed by atoms with Crippen LogP contribution in [0, 0.1) is 0 Å². The molecule has 0 radical (unpaired) electrons. The van der Waals surface area contributed by atoms with E-state index in [0.717, 1.165) is 5.56 Å². The lowest BCUT2D eigenvalue weighted by Crippen LogP contribution is -2.00. The highest BCUT2D eigenvalue weighted by molar-refractivity contribution is 9.10. The van der Waals surface area contributed by atoms with E-state index in [1.165, 1.54) is 6.07 Å². The molecule has 0 saturated heterocycles. The van der Waals surface area contributed by atoms with Crippen LogP contribution in [0.1, 0.15) is 5.56 Å². The lowest BCUT2D eigenvalue weighted by atomic mass is 10.1. The van der Waals surface area contributed by atoms with Crippen molar-refractivity contribution in [1.29, 1.82) is 0 Å². The predicted octanol–water partition coefficient (Wildman–Crippen LogP) is 1.62. The fourth-order valence-corrected chi connectivity index (χ4v) is 1.46. The van der Waals surface area contributed by atoms with E-state index in [2.05, 4.69) is 15.9 Å². The van der Waals surface area contributed by atoms with E-state index < -0.39 is 0 Å². The van der Waals surface area contributed by atoms with Crippen molar-refractivity contribution in [1.82, 2.24) is 0 Å². The van der Waals surface area contributed by atoms with Crippen LogP contribution in [-0.4, -0.2) is 11.1 Å². The number of phenolic OH excluding ortho intramolecular Hbond substituents is 1. The lowest BCUT2D eigenvalue weighted by Gasteiger charge is -1.99. The summed E-state index contributed by atoms with van der Waals surface area (Å²) in [6.45, 7) is 0. The minimum Gasteiger partial charge on any atom is -0.507 e. The minimum absolute atomic E-state index is 0.132. The Kier molecular flexibility index (Phi) is 1.58. The Morgan fingerprint density at radius 3 is 3.00 bits per heavy atom. The molecule has 0 aromatic heterocycles. The number of hydrogen-bond donors (Lipinski definition) is 1. The number of carbonyl (C=O) groups excluding carboxylic acids is 1. The van der Waals surface area contributed by atoms with Gasteiger partial charge in [-0.1, -0.05) is 0 Å². The van der Waals surface area contributed by atoms with E-state index in [4.69, 9.17) is 4.74 Å². The Labute approximate surface area is 77.1 Å². The van der Waals surface area contributed by atoms with Gasteiger partial charge in [-0.15, -0.1) is 0 Å². The molecule has 2 rings (SSSR count). The lowest BCUT2D eigenvalue weighted by molar-refractivity contribution is -0.131. The van der Waals surface area contributed by atoms with Crippen molar-refractivity contribution in [3.05, 3.63) is 22.2 Å². The van der Waals surface area contributed by atoms with Crippen molar-refractivity contribution in [2.45, 2.75) is 6.42 Å². The Hall–Kier alpha value is -1.03. The van der Waals surface area contributed by atoms with Gasteiger partial charge in [0.25, 0.3) is 0 Å². The number of rotatable bonds is 0. The third-order valence-corrected chi connectivity index (χ3v) is 2.32. The maximum absolute atomic E-state index is 10.8. The third kappa shape index (κ3) is 1.08. The highest BCUT2D eigenvalue weighted by Crippen LogP contribution is 2.35. The van der Waals surface area contributed by atoms with Gasteiger partial charge < -0.3 is 9.84 Å². The zero-order chi connectivity index (χ0) is 8.72. The summed E-state index contributed by atoms with van der Waals surface area (Å²) in [5.41, 5.74) is 0.737. The zero-order valence-corrected chi connectivity index (χ0v) is 7.59. The molecular weight excluding hydrogens is 224 g/mol. The molecule has 1 aromatic rings. The molecule has 1 aliphatic heterocycles. The first-order valence-corrected chi connectivity index (χ1v) is 4.18. The van der Waals surface area contributed by atoms with Gasteiger partial charge in [0, 0.05) is 5.56 Å². The summed E-state index contributed by atoms with van der Waals surface area (Å²) in [5, 5.41) is 9.26. The van der Waals surface area contributed by atoms with Crippen LogP contribution in [0.5, 0.6) is 11.5 Å². The van der Waals surface area contributed by atoms with Crippen molar-refractivity contribution in [2.24, 2.45) is 0 Å². The van der Waals surface area contributed by atoms with Crippen molar-refractivity contribution >= 4 is 21.9 Å². The molecule has 1 aliphatic rings. The van der Waals surface area contributed by atoms with Crippen molar-refractivity contribution in [3.63, 3.8) is 0 Å². The molecule has 0 spiro atoms. The maximum Gasteiger partial charge on any atom is 0.315 e. The number of halogens is 1. The summed E-state index contributed by atoms with van der Waals surface area (Å²) in [6.07, 6.45) is 0.246. The average Bonchev–Trinajstić information content (AvgIpc) is 2.30. The van der Waals surface area contributed by atoms with Gasteiger partial charge in [0.1, 0.15) is 11.5 Å². The fourth-order valence-electron chi connectivity index (χ4n) is 1.13. The third-order valence-electron chi connectivity index (χ3n) is 1.69. The van der Waals surface area contributed by atoms with Crippen molar-refractivity contribution in [3.8, 4) is 11.5 Å². The standard InChI is InChI=1S/C8H5BrO3/c9-5-3-7-4(1-6(5)10)2-8(11)12-7/h1,3,10H,2H2. The van der Waals surface area contributed by atoms with E-state index in [0.29, 0.717) is 10.2 Å². The van der Waals surface area contributed by atoms with Gasteiger partial charge in [-0.2, -0.15) is 0 Å². The number of phenols is 1. The summed E-state index contributed by atoms with van der Waals surface area (Å²) >= 11 is 3.13. The van der Waals surface area contributed by atoms with Crippen LogP contribution in [0.3, 0.4) is 0 Å². The number of fused-ring (bicyclic) bond motifs is 1. The molecule has 12 heavy (non-hydrogen) atoms. The van der Waals surface area contributed by atoms with E-state index in [-0.39, 0.29) is 18.1 Å². The number of esters is 1. The van der Waals surface area contributed by atoms with Crippen LogP contribution in [0.15, 0.2) is 16.6 Å². The highest BCUT2D eigenvalue weighted by Gasteiger charge is 2.21. The first-order chi connectivity index (χ1) is 5.66. The second kappa shape index (κ2) is 2.48. The number of aromatic hydroxyl groups is 1. The molecular formula is C8H5BrO3. The molecule has 0 fully saturated rings. The molecule has 3 nitrogen and oxygen atoms in total. The highest BCUT2D eigenvalue weighted by atomic mass is 79.9. The molecule has 0 atom stereocenters. The maximum atomic E-state index is 10.8. The first kappa shape index (κ1) is 7.61. The Morgan fingerprint density at radius 1 is 1.50 bits per heavy atom. The molecule has 1 N–H and O–H groups in total. The van der Waals surface area contributed by atoms with Gasteiger partial charge in [0.05, 0.1) is 10.9 Å². The molecule has 1 heterocycles. The molecule has 0 saturated carbocycles. The zero-order valence-electron chi connectivity index (χ0n) is 6.00. The minimum atomic E-state index is -0.275.